The summed E-state index contributed by atoms with van der Waals surface area (Å²) >= 11 is 0. The van der Waals surface area contributed by atoms with E-state index in [2.05, 4.69) is 344 Å². The van der Waals surface area contributed by atoms with Crippen LogP contribution in [0.2, 0.25) is 0 Å². The number of hydrogen-bond acceptors (Lipinski definition) is 1. The van der Waals surface area contributed by atoms with Gasteiger partial charge >= 0.3 is 0 Å². The second-order valence-corrected chi connectivity index (χ2v) is 30.7. The number of anilines is 3. The SMILES string of the molecule is CC(C)(C)c1cc(-c2ccc3c(c2)B2c4ccc(-c5cc(C(C)(C)C)cc(C(C)(C)C)c5)cc4-n4c5ccccc5c5ccccc5c5ccccc5c5ccc(c2c54)N3c2c(-c3ccccc3)cc(C(C)(C)C)cc2-c2ccccc2)cc(C(C)(C)C)c1. The molecule has 1 aromatic heterocycles. The highest BCUT2D eigenvalue weighted by atomic mass is 15.2. The molecule has 3 heterocycles. The largest absolute Gasteiger partial charge is 0.310 e. The Morgan fingerprint density at radius 2 is 0.663 bits per heavy atom. The molecule has 3 heteroatoms. The predicted octanol–water partition coefficient (Wildman–Crippen LogP) is 22.0. The minimum atomic E-state index is -0.179. The van der Waals surface area contributed by atoms with Crippen molar-refractivity contribution >= 4 is 83.5 Å². The smallest absolute Gasteiger partial charge is 0.252 e. The fourth-order valence-corrected chi connectivity index (χ4v) is 14.2. The molecular weight excluding hydrogens is 1070 g/mol. The summed E-state index contributed by atoms with van der Waals surface area (Å²) < 4.78 is 2.70. The van der Waals surface area contributed by atoms with Crippen LogP contribution < -0.4 is 21.3 Å². The van der Waals surface area contributed by atoms with Gasteiger partial charge in [0.05, 0.1) is 16.7 Å². The third-order valence-electron chi connectivity index (χ3n) is 19.3. The molecule has 0 aliphatic carbocycles. The zero-order chi connectivity index (χ0) is 62.3. The topological polar surface area (TPSA) is 8.17 Å². The summed E-state index contributed by atoms with van der Waals surface area (Å²) in [4.78, 5) is 2.69. The number of rotatable bonds is 5. The Balaban J connectivity index is 1.22. The number of hydrogen-bond donors (Lipinski definition) is 0. The zero-order valence-corrected chi connectivity index (χ0v) is 54.9. The van der Waals surface area contributed by atoms with Crippen LogP contribution >= 0.6 is 0 Å². The molecule has 0 atom stereocenters. The van der Waals surface area contributed by atoms with Crippen molar-refractivity contribution in [1.29, 1.82) is 0 Å². The van der Waals surface area contributed by atoms with Crippen LogP contribution in [0.5, 0.6) is 0 Å². The average molecular weight is 1160 g/mol. The molecule has 89 heavy (non-hydrogen) atoms. The quantitative estimate of drug-likeness (QED) is 0.156. The van der Waals surface area contributed by atoms with Crippen molar-refractivity contribution in [2.24, 2.45) is 0 Å². The van der Waals surface area contributed by atoms with Gasteiger partial charge in [0.15, 0.2) is 0 Å². The third kappa shape index (κ3) is 9.97. The van der Waals surface area contributed by atoms with Crippen molar-refractivity contribution in [2.45, 2.75) is 131 Å². The number of para-hydroxylation sites is 1. The van der Waals surface area contributed by atoms with Gasteiger partial charge in [-0.15, -0.1) is 0 Å². The Kier molecular flexibility index (Phi) is 13.5. The summed E-state index contributed by atoms with van der Waals surface area (Å²) in [5.41, 5.74) is 26.9. The van der Waals surface area contributed by atoms with Gasteiger partial charge in [-0.2, -0.15) is 0 Å². The lowest BCUT2D eigenvalue weighted by Gasteiger charge is -2.42. The average Bonchev–Trinajstić information content (AvgIpc) is 1.43. The molecule has 0 radical (unpaired) electrons. The fraction of sp³-hybridized carbons (Fsp3) is 0.233. The van der Waals surface area contributed by atoms with E-state index in [1.165, 1.54) is 149 Å². The van der Waals surface area contributed by atoms with Gasteiger partial charge in [0.1, 0.15) is 0 Å². The van der Waals surface area contributed by atoms with Crippen LogP contribution in [-0.2, 0) is 27.1 Å². The maximum absolute atomic E-state index is 2.70. The van der Waals surface area contributed by atoms with Gasteiger partial charge in [-0.25, -0.2) is 0 Å². The lowest BCUT2D eigenvalue weighted by atomic mass is 9.33. The summed E-state index contributed by atoms with van der Waals surface area (Å²) in [5, 5.41) is 7.28. The summed E-state index contributed by atoms with van der Waals surface area (Å²) in [6.45, 7) is 35.1. The standard InChI is InChI=1S/C86H83BN2/c1-82(2,3)60-44-58(45-61(50-60)83(4,5)6)56-39-42-76-74(48-56)87-73-41-38-57(59-46-62(84(7,8)9)51-63(47-59)85(10,11)12)49-78(73)88-75-37-27-26-36-69(75)67-34-24-22-32-65(67)66-33-23-25-35-68(66)70-40-43-77(79(87)81(70)88)89(76)80-71(54-28-18-16-19-29-54)52-64(86(13,14)15)53-72(80)55-30-20-17-21-31-55/h16-53H,1-15H3. The first-order valence-corrected chi connectivity index (χ1v) is 32.3. The molecule has 0 N–H and O–H groups in total. The van der Waals surface area contributed by atoms with Crippen LogP contribution in [-0.4, -0.2) is 11.3 Å². The molecule has 0 unspecified atom stereocenters. The Morgan fingerprint density at radius 3 is 1.15 bits per heavy atom. The molecule has 0 bridgehead atoms. The molecule has 0 fully saturated rings. The van der Waals surface area contributed by atoms with E-state index in [4.69, 9.17) is 0 Å². The van der Waals surface area contributed by atoms with Crippen molar-refractivity contribution in [3.8, 4) is 50.2 Å². The van der Waals surface area contributed by atoms with Crippen molar-refractivity contribution in [3.63, 3.8) is 0 Å². The lowest BCUT2D eigenvalue weighted by Crippen LogP contribution is -2.60. The van der Waals surface area contributed by atoms with E-state index in [9.17, 15) is 0 Å². The third-order valence-corrected chi connectivity index (χ3v) is 19.3. The molecule has 2 aliphatic rings. The van der Waals surface area contributed by atoms with E-state index >= 15 is 0 Å². The maximum Gasteiger partial charge on any atom is 0.252 e. The Hall–Kier alpha value is -8.92. The molecule has 2 nitrogen and oxygen atoms in total. The highest BCUT2D eigenvalue weighted by Crippen LogP contribution is 2.51. The molecule has 0 spiro atoms. The number of nitrogens with zero attached hydrogens (tertiary/aromatic N) is 2. The van der Waals surface area contributed by atoms with Crippen molar-refractivity contribution < 1.29 is 0 Å². The van der Waals surface area contributed by atoms with Crippen molar-refractivity contribution in [1.82, 2.24) is 4.57 Å². The first-order valence-electron chi connectivity index (χ1n) is 32.3. The van der Waals surface area contributed by atoms with Crippen LogP contribution in [0.3, 0.4) is 0 Å². The highest BCUT2D eigenvalue weighted by Gasteiger charge is 2.43. The monoisotopic (exact) mass is 1150 g/mol. The molecule has 440 valence electrons. The van der Waals surface area contributed by atoms with Gasteiger partial charge in [-0.05, 0) is 163 Å². The summed E-state index contributed by atoms with van der Waals surface area (Å²) in [5.74, 6) is 0. The summed E-state index contributed by atoms with van der Waals surface area (Å²) in [6.07, 6.45) is 0. The van der Waals surface area contributed by atoms with E-state index < -0.39 is 0 Å². The van der Waals surface area contributed by atoms with E-state index in [0.717, 1.165) is 5.52 Å². The number of aromatic nitrogens is 1. The van der Waals surface area contributed by atoms with Gasteiger partial charge in [0, 0.05) is 39.0 Å². The second-order valence-electron chi connectivity index (χ2n) is 30.7. The van der Waals surface area contributed by atoms with Crippen LogP contribution in [0.4, 0.5) is 17.1 Å². The molecular formula is C86H83BN2. The van der Waals surface area contributed by atoms with Crippen molar-refractivity contribution in [2.75, 3.05) is 4.90 Å². The Morgan fingerprint density at radius 1 is 0.270 bits per heavy atom. The minimum absolute atomic E-state index is 0.0568. The first kappa shape index (κ1) is 57.8. The fourth-order valence-electron chi connectivity index (χ4n) is 14.2. The summed E-state index contributed by atoms with van der Waals surface area (Å²) in [6, 6.07) is 89.6. The molecule has 0 saturated carbocycles. The van der Waals surface area contributed by atoms with Gasteiger partial charge in [0.25, 0.3) is 6.71 Å². The highest BCUT2D eigenvalue weighted by molar-refractivity contribution is 7.00. The zero-order valence-electron chi connectivity index (χ0n) is 54.9. The van der Waals surface area contributed by atoms with Crippen LogP contribution in [0.1, 0.15) is 132 Å². The van der Waals surface area contributed by atoms with E-state index in [0.29, 0.717) is 0 Å². The summed E-state index contributed by atoms with van der Waals surface area (Å²) in [7, 11) is 0. The molecule has 0 amide bonds. The second kappa shape index (κ2) is 20.8. The van der Waals surface area contributed by atoms with E-state index in [-0.39, 0.29) is 33.8 Å². The molecule has 11 aromatic carbocycles. The van der Waals surface area contributed by atoms with Crippen LogP contribution in [0.25, 0.3) is 93.5 Å². The Labute approximate surface area is 529 Å². The van der Waals surface area contributed by atoms with Gasteiger partial charge < -0.3 is 9.47 Å². The molecule has 12 aromatic rings. The first-order chi connectivity index (χ1) is 42.3. The number of fused-ring (bicyclic) bond motifs is 12. The van der Waals surface area contributed by atoms with Gasteiger partial charge in [0.2, 0.25) is 0 Å². The number of benzene rings is 11. The van der Waals surface area contributed by atoms with E-state index in [1.807, 2.05) is 0 Å². The molecule has 14 rings (SSSR count). The maximum atomic E-state index is 2.70. The van der Waals surface area contributed by atoms with Gasteiger partial charge in [-0.1, -0.05) is 298 Å². The molecule has 0 saturated heterocycles. The van der Waals surface area contributed by atoms with E-state index in [1.54, 1.807) is 0 Å². The van der Waals surface area contributed by atoms with Gasteiger partial charge in [-0.3, -0.25) is 0 Å². The lowest BCUT2D eigenvalue weighted by molar-refractivity contribution is 0.568. The minimum Gasteiger partial charge on any atom is -0.310 e. The normalized spacial score (nSPS) is 13.3. The predicted molar refractivity (Wildman–Crippen MR) is 388 cm³/mol. The van der Waals surface area contributed by atoms with Crippen LogP contribution in [0, 0.1) is 0 Å². The Bertz CT molecular complexity index is 4780. The molecule has 2 aliphatic heterocycles. The van der Waals surface area contributed by atoms with Crippen LogP contribution in [0.15, 0.2) is 231 Å². The van der Waals surface area contributed by atoms with Crippen molar-refractivity contribution in [3.05, 3.63) is 258 Å².